The third-order valence-electron chi connectivity index (χ3n) is 13.3. The Bertz CT molecular complexity index is 1510. The molecule has 2 bridgehead atoms. The van der Waals surface area contributed by atoms with Gasteiger partial charge in [0.1, 0.15) is 17.8 Å². The number of esters is 3. The minimum atomic E-state index is -1.66. The fourth-order valence-corrected chi connectivity index (χ4v) is 11.4. The molecular formula is C34H44O13. The summed E-state index contributed by atoms with van der Waals surface area (Å²) >= 11 is 0. The standard InChI is InChI=1S/C34H44O13/c1-14(2)28(41)46-29-30(5)19-11-20(37)32(7)24(33(19,13-43-29)26(40)23(25(30)39)44-15(3)35)22(38)27(45-16(4)36)31(6)18(17-8-9-42-12-17)10-21-34(31,32)47-21/h8-9,12,14,18-21,23-27,29,37,39-40H,10-11,13H2,1-7H3/t18-,19+,20+,21+,23-,24+,25+,26+,27+,29+,30-,31+,32-,33+,34+/m1/s1. The molecule has 7 rings (SSSR count). The number of aliphatic hydroxyl groups excluding tert-OH is 3. The highest BCUT2D eigenvalue weighted by atomic mass is 16.7. The summed E-state index contributed by atoms with van der Waals surface area (Å²) in [7, 11) is 0. The van der Waals surface area contributed by atoms with E-state index in [1.54, 1.807) is 40.0 Å². The van der Waals surface area contributed by atoms with Crippen LogP contribution in [0, 0.1) is 39.4 Å². The molecule has 2 aliphatic heterocycles. The lowest BCUT2D eigenvalue weighted by atomic mass is 9.33. The number of fused-ring (bicyclic) bond motifs is 1. The molecule has 0 amide bonds. The topological polar surface area (TPSA) is 192 Å². The van der Waals surface area contributed by atoms with Crippen molar-refractivity contribution in [1.82, 2.24) is 0 Å². The molecule has 6 fully saturated rings. The van der Waals surface area contributed by atoms with E-state index in [4.69, 9.17) is 28.1 Å². The second kappa shape index (κ2) is 10.1. The van der Waals surface area contributed by atoms with Gasteiger partial charge in [0, 0.05) is 36.5 Å². The Morgan fingerprint density at radius 1 is 0.957 bits per heavy atom. The Balaban J connectivity index is 1.44. The minimum Gasteiger partial charge on any atom is -0.472 e. The number of carbonyl (C=O) groups excluding carboxylic acids is 4. The predicted octanol–water partition coefficient (Wildman–Crippen LogP) is 1.64. The van der Waals surface area contributed by atoms with Gasteiger partial charge in [0.05, 0.1) is 48.1 Å². The van der Waals surface area contributed by atoms with Crippen LogP contribution in [0.1, 0.15) is 72.8 Å². The van der Waals surface area contributed by atoms with Gasteiger partial charge in [-0.25, -0.2) is 0 Å². The second-order valence-electron chi connectivity index (χ2n) is 15.6. The molecule has 4 saturated carbocycles. The Morgan fingerprint density at radius 2 is 1.64 bits per heavy atom. The highest BCUT2D eigenvalue weighted by Crippen LogP contribution is 2.83. The summed E-state index contributed by atoms with van der Waals surface area (Å²) in [6.07, 6.45) is -5.62. The van der Waals surface area contributed by atoms with Gasteiger partial charge >= 0.3 is 17.9 Å². The van der Waals surface area contributed by atoms with Crippen LogP contribution in [-0.4, -0.2) is 94.1 Å². The maximum atomic E-state index is 15.3. The lowest BCUT2D eigenvalue weighted by molar-refractivity contribution is -0.391. The summed E-state index contributed by atoms with van der Waals surface area (Å²) < 4.78 is 35.7. The number of ether oxygens (including phenoxy) is 5. The van der Waals surface area contributed by atoms with Gasteiger partial charge in [-0.3, -0.25) is 19.2 Å². The first-order chi connectivity index (χ1) is 21.9. The number of aliphatic hydroxyl groups is 3. The zero-order valence-corrected chi connectivity index (χ0v) is 27.6. The summed E-state index contributed by atoms with van der Waals surface area (Å²) in [5.41, 5.74) is -6.07. The van der Waals surface area contributed by atoms with E-state index in [0.29, 0.717) is 6.42 Å². The van der Waals surface area contributed by atoms with Gasteiger partial charge in [-0.1, -0.05) is 34.6 Å². The van der Waals surface area contributed by atoms with Gasteiger partial charge in [0.25, 0.3) is 0 Å². The van der Waals surface area contributed by atoms with Crippen LogP contribution < -0.4 is 0 Å². The average Bonchev–Trinajstić information content (AvgIpc) is 3.36. The van der Waals surface area contributed by atoms with Crippen LogP contribution >= 0.6 is 0 Å². The highest BCUT2D eigenvalue weighted by Gasteiger charge is 2.93. The molecule has 6 aliphatic rings. The van der Waals surface area contributed by atoms with Crippen LogP contribution in [-0.2, 0) is 42.9 Å². The Kier molecular flexibility index (Phi) is 7.02. The summed E-state index contributed by atoms with van der Waals surface area (Å²) in [5.74, 6) is -5.63. The van der Waals surface area contributed by atoms with Crippen molar-refractivity contribution in [1.29, 1.82) is 0 Å². The van der Waals surface area contributed by atoms with Gasteiger partial charge < -0.3 is 43.4 Å². The fraction of sp³-hybridized carbons (Fsp3) is 0.765. The van der Waals surface area contributed by atoms with Crippen LogP contribution in [0.2, 0.25) is 0 Å². The van der Waals surface area contributed by atoms with Crippen molar-refractivity contribution in [2.24, 2.45) is 39.4 Å². The molecule has 258 valence electrons. The summed E-state index contributed by atoms with van der Waals surface area (Å²) in [4.78, 5) is 53.4. The lowest BCUT2D eigenvalue weighted by Crippen LogP contribution is -2.84. The van der Waals surface area contributed by atoms with E-state index in [2.05, 4.69) is 0 Å². The third-order valence-corrected chi connectivity index (χ3v) is 13.3. The van der Waals surface area contributed by atoms with Crippen molar-refractivity contribution in [3.8, 4) is 0 Å². The van der Waals surface area contributed by atoms with Crippen molar-refractivity contribution in [2.45, 2.75) is 116 Å². The van der Waals surface area contributed by atoms with E-state index >= 15 is 4.79 Å². The summed E-state index contributed by atoms with van der Waals surface area (Å²) in [5, 5.41) is 36.7. The van der Waals surface area contributed by atoms with Crippen LogP contribution in [0.15, 0.2) is 23.0 Å². The SMILES string of the molecule is CC(=O)O[C@@H]1[C@H](O)[C@]2(C)[C@H](OC(=O)C(C)C)OC[C@]3([C@H]4C(=O)[C@H](OC(C)=O)[C@]5(C)[C@@H](c6ccoc6)C[C@@H]6O[C@@]65[C@]4(C)[C@@H](O)C[C@@H]23)[C@H]1O. The minimum absolute atomic E-state index is 0.0285. The smallest absolute Gasteiger partial charge is 0.310 e. The largest absolute Gasteiger partial charge is 0.472 e. The third kappa shape index (κ3) is 3.67. The Hall–Kier alpha value is -2.84. The molecule has 15 atom stereocenters. The van der Waals surface area contributed by atoms with Crippen LogP contribution in [0.4, 0.5) is 0 Å². The number of rotatable bonds is 5. The molecule has 47 heavy (non-hydrogen) atoms. The molecule has 1 aromatic heterocycles. The molecule has 1 spiro atoms. The van der Waals surface area contributed by atoms with Gasteiger partial charge in [-0.2, -0.15) is 0 Å². The number of hydrogen-bond donors (Lipinski definition) is 3. The zero-order chi connectivity index (χ0) is 34.2. The first kappa shape index (κ1) is 32.7. The summed E-state index contributed by atoms with van der Waals surface area (Å²) in [6, 6.07) is 1.80. The number of ketones is 1. The Morgan fingerprint density at radius 3 is 2.23 bits per heavy atom. The van der Waals surface area contributed by atoms with Crippen molar-refractivity contribution in [3.05, 3.63) is 24.2 Å². The normalized spacial score (nSPS) is 50.8. The maximum absolute atomic E-state index is 15.3. The molecule has 0 radical (unpaired) electrons. The molecule has 0 unspecified atom stereocenters. The maximum Gasteiger partial charge on any atom is 0.310 e. The molecule has 3 N–H and O–H groups in total. The van der Waals surface area contributed by atoms with Crippen LogP contribution in [0.25, 0.3) is 0 Å². The molecule has 13 heteroatoms. The molecular weight excluding hydrogens is 616 g/mol. The van der Waals surface area contributed by atoms with E-state index in [-0.39, 0.29) is 18.9 Å². The van der Waals surface area contributed by atoms with Crippen LogP contribution in [0.3, 0.4) is 0 Å². The van der Waals surface area contributed by atoms with Gasteiger partial charge in [-0.15, -0.1) is 0 Å². The van der Waals surface area contributed by atoms with E-state index in [9.17, 15) is 29.7 Å². The Labute approximate surface area is 272 Å². The number of hydrogen-bond acceptors (Lipinski definition) is 13. The van der Waals surface area contributed by atoms with Crippen LogP contribution in [0.5, 0.6) is 0 Å². The predicted molar refractivity (Wildman–Crippen MR) is 157 cm³/mol. The van der Waals surface area contributed by atoms with Crippen molar-refractivity contribution in [3.63, 3.8) is 0 Å². The van der Waals surface area contributed by atoms with E-state index in [1.165, 1.54) is 13.2 Å². The highest BCUT2D eigenvalue weighted by molar-refractivity contribution is 5.93. The molecule has 4 aliphatic carbocycles. The molecule has 3 heterocycles. The molecule has 0 aromatic carbocycles. The monoisotopic (exact) mass is 660 g/mol. The van der Waals surface area contributed by atoms with Crippen molar-refractivity contribution < 1.29 is 62.6 Å². The average molecular weight is 661 g/mol. The van der Waals surface area contributed by atoms with Gasteiger partial charge in [-0.05, 0) is 30.4 Å². The first-order valence-electron chi connectivity index (χ1n) is 16.4. The van der Waals surface area contributed by atoms with Gasteiger partial charge in [0.2, 0.25) is 6.29 Å². The quantitative estimate of drug-likeness (QED) is 0.235. The number of Topliss-reactive ketones (excluding diaryl/α,β-unsaturated/α-hetero) is 1. The molecule has 13 nitrogen and oxygen atoms in total. The van der Waals surface area contributed by atoms with Crippen molar-refractivity contribution >= 4 is 23.7 Å². The summed E-state index contributed by atoms with van der Waals surface area (Å²) in [6.45, 7) is 10.6. The molecule has 2 saturated heterocycles. The zero-order valence-electron chi connectivity index (χ0n) is 27.6. The van der Waals surface area contributed by atoms with E-state index < -0.39 is 112 Å². The fourth-order valence-electron chi connectivity index (χ4n) is 11.4. The lowest BCUT2D eigenvalue weighted by Gasteiger charge is -2.73. The van der Waals surface area contributed by atoms with E-state index in [1.807, 2.05) is 6.92 Å². The second-order valence-corrected chi connectivity index (χ2v) is 15.6. The molecule has 1 aromatic rings. The first-order valence-corrected chi connectivity index (χ1v) is 16.4. The van der Waals surface area contributed by atoms with Gasteiger partial charge in [0.15, 0.2) is 18.0 Å². The number of furan rings is 1. The van der Waals surface area contributed by atoms with Crippen molar-refractivity contribution in [2.75, 3.05) is 6.61 Å². The van der Waals surface area contributed by atoms with E-state index in [0.717, 1.165) is 12.5 Å². The number of epoxide rings is 1. The number of carbonyl (C=O) groups is 4.